The van der Waals surface area contributed by atoms with E-state index in [0.29, 0.717) is 5.92 Å². The molecule has 0 aliphatic heterocycles. The Labute approximate surface area is 51.0 Å². The molecule has 1 heteroatoms. The van der Waals surface area contributed by atoms with E-state index in [2.05, 4.69) is 33.4 Å². The first-order valence-electron chi connectivity index (χ1n) is 2.47. The number of rotatable bonds is 1. The quantitative estimate of drug-likeness (QED) is 0.493. The van der Waals surface area contributed by atoms with E-state index in [1.54, 1.807) is 5.41 Å². The van der Waals surface area contributed by atoms with E-state index in [9.17, 15) is 0 Å². The van der Waals surface area contributed by atoms with Crippen LogP contribution in [0.1, 0.15) is 20.8 Å². The molecule has 0 aliphatic rings. The van der Waals surface area contributed by atoms with Crippen LogP contribution in [0.4, 0.5) is 0 Å². The van der Waals surface area contributed by atoms with E-state index < -0.39 is 0 Å². The molecule has 0 fully saturated rings. The largest absolute Gasteiger partial charge is 0.0888 e. The van der Waals surface area contributed by atoms with Gasteiger partial charge in [-0.2, -0.15) is 0 Å². The van der Waals surface area contributed by atoms with Gasteiger partial charge in [-0.05, 0) is 12.8 Å². The van der Waals surface area contributed by atoms with Crippen molar-refractivity contribution < 1.29 is 0 Å². The average Bonchev–Trinajstić information content (AvgIpc) is 1.65. The highest BCUT2D eigenvalue weighted by Crippen LogP contribution is 2.07. The lowest BCUT2D eigenvalue weighted by atomic mass is 10.1. The molecular formula is C6H11S. The van der Waals surface area contributed by atoms with Crippen LogP contribution >= 0.6 is 12.6 Å². The molecule has 0 aromatic carbocycles. The van der Waals surface area contributed by atoms with Crippen LogP contribution in [0.3, 0.4) is 0 Å². The van der Waals surface area contributed by atoms with Gasteiger partial charge in [0.1, 0.15) is 0 Å². The van der Waals surface area contributed by atoms with Crippen LogP contribution in [-0.2, 0) is 0 Å². The summed E-state index contributed by atoms with van der Waals surface area (Å²) in [4.78, 5) is 0. The maximum absolute atomic E-state index is 4.69. The van der Waals surface area contributed by atoms with Gasteiger partial charge in [-0.3, -0.25) is 0 Å². The zero-order valence-electron chi connectivity index (χ0n) is 5.06. The molecule has 0 saturated carbocycles. The molecule has 0 amide bonds. The molecule has 0 N–H and O–H groups in total. The van der Waals surface area contributed by atoms with Crippen molar-refractivity contribution in [3.63, 3.8) is 0 Å². The first-order chi connectivity index (χ1) is 3.18. The third-order valence-corrected chi connectivity index (χ3v) is 1.47. The Balaban J connectivity index is 3.56. The minimum atomic E-state index is 0.623. The van der Waals surface area contributed by atoms with Crippen molar-refractivity contribution in [2.75, 3.05) is 0 Å². The van der Waals surface area contributed by atoms with Crippen molar-refractivity contribution >= 4 is 12.6 Å². The van der Waals surface area contributed by atoms with Gasteiger partial charge in [0, 0.05) is 5.41 Å². The molecule has 0 unspecified atom stereocenters. The molecule has 7 heavy (non-hydrogen) atoms. The predicted octanol–water partition coefficient (Wildman–Crippen LogP) is 2.74. The molecule has 0 nitrogen and oxygen atoms in total. The van der Waals surface area contributed by atoms with Crippen LogP contribution in [-0.4, -0.2) is 0 Å². The van der Waals surface area contributed by atoms with Gasteiger partial charge in [-0.25, -0.2) is 0 Å². The van der Waals surface area contributed by atoms with Crippen LogP contribution in [0, 0.1) is 5.92 Å². The third kappa shape index (κ3) is 2.63. The molecular weight excluding hydrogens is 104 g/mol. The third-order valence-electron chi connectivity index (χ3n) is 1.10. The molecule has 0 bridgehead atoms. The smallest absolute Gasteiger partial charge is 0.000530 e. The average molecular weight is 115 g/mol. The maximum atomic E-state index is 4.69. The monoisotopic (exact) mass is 115 g/mol. The molecule has 41 valence electrons. The Hall–Kier alpha value is -0.0400. The SMILES string of the molecule is C/C(=C\[S])C(C)C. The predicted molar refractivity (Wildman–Crippen MR) is 36.2 cm³/mol. The minimum absolute atomic E-state index is 0.623. The molecule has 0 heterocycles. The van der Waals surface area contributed by atoms with Crippen LogP contribution < -0.4 is 0 Å². The normalized spacial score (nSPS) is 12.9. The summed E-state index contributed by atoms with van der Waals surface area (Å²) in [6, 6.07) is 0. The molecule has 0 spiro atoms. The maximum Gasteiger partial charge on any atom is 0.000530 e. The van der Waals surface area contributed by atoms with E-state index in [1.165, 1.54) is 5.57 Å². The lowest BCUT2D eigenvalue weighted by Crippen LogP contribution is -1.85. The van der Waals surface area contributed by atoms with Crippen LogP contribution in [0.15, 0.2) is 11.0 Å². The Morgan fingerprint density at radius 2 is 2.00 bits per heavy atom. The standard InChI is InChI=1S/C6H11S/c1-5(2)6(3)4-7/h4-5H,1-3H3/b6-4+. The molecule has 0 rings (SSSR count). The van der Waals surface area contributed by atoms with Gasteiger partial charge < -0.3 is 0 Å². The summed E-state index contributed by atoms with van der Waals surface area (Å²) >= 11 is 4.69. The van der Waals surface area contributed by atoms with Crippen molar-refractivity contribution in [2.45, 2.75) is 20.8 Å². The Bertz CT molecular complexity index is 72.2. The zero-order chi connectivity index (χ0) is 5.86. The van der Waals surface area contributed by atoms with Gasteiger partial charge in [-0.1, -0.05) is 32.0 Å². The molecule has 0 atom stereocenters. The van der Waals surface area contributed by atoms with Crippen LogP contribution in [0.2, 0.25) is 0 Å². The summed E-state index contributed by atoms with van der Waals surface area (Å²) in [6.45, 7) is 6.33. The molecule has 1 radical (unpaired) electrons. The van der Waals surface area contributed by atoms with Crippen LogP contribution in [0.5, 0.6) is 0 Å². The van der Waals surface area contributed by atoms with Gasteiger partial charge >= 0.3 is 0 Å². The van der Waals surface area contributed by atoms with Gasteiger partial charge in [-0.15, -0.1) is 0 Å². The van der Waals surface area contributed by atoms with E-state index in [-0.39, 0.29) is 0 Å². The summed E-state index contributed by atoms with van der Waals surface area (Å²) in [5, 5.41) is 1.74. The summed E-state index contributed by atoms with van der Waals surface area (Å²) in [6.07, 6.45) is 0. The minimum Gasteiger partial charge on any atom is -0.0888 e. The zero-order valence-corrected chi connectivity index (χ0v) is 5.88. The highest BCUT2D eigenvalue weighted by Gasteiger charge is 1.91. The molecule has 0 aromatic heterocycles. The fourth-order valence-corrected chi connectivity index (χ4v) is 0.408. The van der Waals surface area contributed by atoms with Crippen molar-refractivity contribution in [1.82, 2.24) is 0 Å². The highest BCUT2D eigenvalue weighted by atomic mass is 32.1. The summed E-state index contributed by atoms with van der Waals surface area (Å²) < 4.78 is 0. The first-order valence-corrected chi connectivity index (χ1v) is 2.94. The Kier molecular flexibility index (Phi) is 3.01. The first kappa shape index (κ1) is 6.96. The van der Waals surface area contributed by atoms with Crippen LogP contribution in [0.25, 0.3) is 0 Å². The number of hydrogen-bond donors (Lipinski definition) is 0. The van der Waals surface area contributed by atoms with Gasteiger partial charge in [0.05, 0.1) is 0 Å². The Morgan fingerprint density at radius 1 is 1.57 bits per heavy atom. The topological polar surface area (TPSA) is 0 Å². The second-order valence-electron chi connectivity index (χ2n) is 2.02. The highest BCUT2D eigenvalue weighted by molar-refractivity contribution is 7.83. The van der Waals surface area contributed by atoms with Gasteiger partial charge in [0.25, 0.3) is 0 Å². The van der Waals surface area contributed by atoms with Crippen molar-refractivity contribution in [1.29, 1.82) is 0 Å². The van der Waals surface area contributed by atoms with E-state index in [0.717, 1.165) is 0 Å². The lowest BCUT2D eigenvalue weighted by Gasteiger charge is -1.99. The van der Waals surface area contributed by atoms with Crippen molar-refractivity contribution in [3.05, 3.63) is 11.0 Å². The summed E-state index contributed by atoms with van der Waals surface area (Å²) in [5.41, 5.74) is 1.29. The van der Waals surface area contributed by atoms with E-state index in [4.69, 9.17) is 0 Å². The van der Waals surface area contributed by atoms with Gasteiger partial charge in [0.2, 0.25) is 0 Å². The second-order valence-corrected chi connectivity index (χ2v) is 2.25. The fourth-order valence-electron chi connectivity index (χ4n) is 0.136. The molecule has 0 aliphatic carbocycles. The van der Waals surface area contributed by atoms with E-state index >= 15 is 0 Å². The summed E-state index contributed by atoms with van der Waals surface area (Å²) in [7, 11) is 0. The Morgan fingerprint density at radius 3 is 2.00 bits per heavy atom. The van der Waals surface area contributed by atoms with Crippen molar-refractivity contribution in [3.8, 4) is 0 Å². The number of hydrogen-bond acceptors (Lipinski definition) is 0. The van der Waals surface area contributed by atoms with Gasteiger partial charge in [0.15, 0.2) is 0 Å². The second kappa shape index (κ2) is 3.03. The molecule has 0 saturated heterocycles. The van der Waals surface area contributed by atoms with Crippen molar-refractivity contribution in [2.24, 2.45) is 5.92 Å². The lowest BCUT2D eigenvalue weighted by molar-refractivity contribution is 0.772. The number of allylic oxidation sites excluding steroid dienone is 1. The van der Waals surface area contributed by atoms with E-state index in [1.807, 2.05) is 0 Å². The molecule has 0 aromatic rings. The fraction of sp³-hybridized carbons (Fsp3) is 0.667. The summed E-state index contributed by atoms with van der Waals surface area (Å²) in [5.74, 6) is 0.623.